The SMILES string of the molecule is O=C(NCc1ncc(-c2ccc(F)cc2)[nH]1)C1CC2(C1)CC2C(=O)O. The van der Waals surface area contributed by atoms with E-state index in [0.717, 1.165) is 11.3 Å². The van der Waals surface area contributed by atoms with Crippen LogP contribution in [0, 0.1) is 23.1 Å². The summed E-state index contributed by atoms with van der Waals surface area (Å²) in [4.78, 5) is 30.5. The molecular formula is C18H18FN3O3. The second kappa shape index (κ2) is 5.68. The van der Waals surface area contributed by atoms with Gasteiger partial charge >= 0.3 is 5.97 Å². The van der Waals surface area contributed by atoms with E-state index in [-0.39, 0.29) is 35.5 Å². The van der Waals surface area contributed by atoms with Gasteiger partial charge in [0.15, 0.2) is 0 Å². The van der Waals surface area contributed by atoms with Crippen molar-refractivity contribution in [3.05, 3.63) is 42.1 Å². The third-order valence-electron chi connectivity index (χ3n) is 5.38. The molecule has 130 valence electrons. The number of aromatic amines is 1. The van der Waals surface area contributed by atoms with Crippen molar-refractivity contribution in [1.29, 1.82) is 0 Å². The number of nitrogens with zero attached hydrogens (tertiary/aromatic N) is 1. The molecule has 0 radical (unpaired) electrons. The Kier molecular flexibility index (Phi) is 3.59. The fourth-order valence-electron chi connectivity index (χ4n) is 3.80. The van der Waals surface area contributed by atoms with Gasteiger partial charge < -0.3 is 15.4 Å². The number of carbonyl (C=O) groups is 2. The molecule has 4 rings (SSSR count). The van der Waals surface area contributed by atoms with Crippen LogP contribution in [0.1, 0.15) is 25.1 Å². The molecule has 2 aliphatic rings. The molecule has 2 aromatic rings. The van der Waals surface area contributed by atoms with Crippen molar-refractivity contribution in [3.63, 3.8) is 0 Å². The van der Waals surface area contributed by atoms with E-state index in [1.165, 1.54) is 12.1 Å². The molecule has 0 saturated heterocycles. The Labute approximate surface area is 143 Å². The number of halogens is 1. The number of carbonyl (C=O) groups excluding carboxylic acids is 1. The maximum absolute atomic E-state index is 13.0. The first kappa shape index (κ1) is 15.8. The van der Waals surface area contributed by atoms with E-state index < -0.39 is 5.97 Å². The Morgan fingerprint density at radius 3 is 2.64 bits per heavy atom. The molecule has 1 atom stereocenters. The summed E-state index contributed by atoms with van der Waals surface area (Å²) in [5, 5.41) is 11.9. The predicted octanol–water partition coefficient (Wildman–Crippen LogP) is 2.33. The summed E-state index contributed by atoms with van der Waals surface area (Å²) in [5.41, 5.74) is 1.46. The van der Waals surface area contributed by atoms with Crippen molar-refractivity contribution >= 4 is 11.9 Å². The highest BCUT2D eigenvalue weighted by Gasteiger charge is 2.65. The van der Waals surface area contributed by atoms with Crippen molar-refractivity contribution in [2.24, 2.45) is 17.3 Å². The normalized spacial score (nSPS) is 26.9. The number of amides is 1. The van der Waals surface area contributed by atoms with Crippen LogP contribution in [-0.2, 0) is 16.1 Å². The van der Waals surface area contributed by atoms with E-state index in [2.05, 4.69) is 15.3 Å². The molecule has 1 spiro atoms. The number of nitrogens with one attached hydrogen (secondary N) is 2. The molecule has 0 bridgehead atoms. The zero-order chi connectivity index (χ0) is 17.6. The van der Waals surface area contributed by atoms with Gasteiger partial charge in [0.2, 0.25) is 5.91 Å². The molecule has 0 aliphatic heterocycles. The van der Waals surface area contributed by atoms with Crippen molar-refractivity contribution in [2.45, 2.75) is 25.8 Å². The summed E-state index contributed by atoms with van der Waals surface area (Å²) < 4.78 is 13.0. The third-order valence-corrected chi connectivity index (χ3v) is 5.38. The predicted molar refractivity (Wildman–Crippen MR) is 86.7 cm³/mol. The van der Waals surface area contributed by atoms with Crippen molar-refractivity contribution in [1.82, 2.24) is 15.3 Å². The van der Waals surface area contributed by atoms with Crippen LogP contribution in [0.25, 0.3) is 11.3 Å². The molecule has 6 nitrogen and oxygen atoms in total. The maximum Gasteiger partial charge on any atom is 0.307 e. The molecule has 2 aliphatic carbocycles. The first-order valence-electron chi connectivity index (χ1n) is 8.27. The number of rotatable bonds is 5. The zero-order valence-corrected chi connectivity index (χ0v) is 13.5. The van der Waals surface area contributed by atoms with Crippen LogP contribution in [0.2, 0.25) is 0 Å². The summed E-state index contributed by atoms with van der Waals surface area (Å²) in [6.45, 7) is 0.284. The molecule has 7 heteroatoms. The van der Waals surface area contributed by atoms with Gasteiger partial charge in [-0.25, -0.2) is 9.37 Å². The van der Waals surface area contributed by atoms with Crippen LogP contribution in [0.15, 0.2) is 30.5 Å². The Morgan fingerprint density at radius 2 is 2.00 bits per heavy atom. The number of aliphatic carboxylic acids is 1. The Bertz CT molecular complexity index is 824. The van der Waals surface area contributed by atoms with E-state index in [9.17, 15) is 14.0 Å². The summed E-state index contributed by atoms with van der Waals surface area (Å²) in [7, 11) is 0. The molecule has 1 unspecified atom stereocenters. The lowest BCUT2D eigenvalue weighted by atomic mass is 9.70. The molecule has 1 aromatic heterocycles. The second-order valence-electron chi connectivity index (χ2n) is 7.03. The first-order valence-corrected chi connectivity index (χ1v) is 8.27. The van der Waals surface area contributed by atoms with Crippen LogP contribution >= 0.6 is 0 Å². The highest BCUT2D eigenvalue weighted by Crippen LogP contribution is 2.67. The van der Waals surface area contributed by atoms with E-state index in [4.69, 9.17) is 5.11 Å². The number of carboxylic acid groups (broad SMARTS) is 1. The van der Waals surface area contributed by atoms with Gasteiger partial charge in [0.05, 0.1) is 24.4 Å². The van der Waals surface area contributed by atoms with E-state index in [1.807, 2.05) is 0 Å². The summed E-state index contributed by atoms with van der Waals surface area (Å²) in [5.74, 6) is -0.841. The third kappa shape index (κ3) is 2.90. The highest BCUT2D eigenvalue weighted by atomic mass is 19.1. The standard InChI is InChI=1S/C18H18FN3O3/c19-12-3-1-10(2-4-12)14-8-20-15(22-14)9-21-16(23)11-5-18(6-11)7-13(18)17(24)25/h1-4,8,11,13H,5-7,9H2,(H,20,22)(H,21,23)(H,24,25). The molecule has 2 fully saturated rings. The van der Waals surface area contributed by atoms with Gasteiger partial charge in [0.25, 0.3) is 0 Å². The average Bonchev–Trinajstić information content (AvgIpc) is 3.15. The van der Waals surface area contributed by atoms with E-state index in [1.54, 1.807) is 18.3 Å². The van der Waals surface area contributed by atoms with Gasteiger partial charge in [-0.15, -0.1) is 0 Å². The van der Waals surface area contributed by atoms with E-state index in [0.29, 0.717) is 25.1 Å². The number of hydrogen-bond donors (Lipinski definition) is 3. The van der Waals surface area contributed by atoms with Crippen molar-refractivity contribution < 1.29 is 19.1 Å². The first-order chi connectivity index (χ1) is 12.0. The van der Waals surface area contributed by atoms with E-state index >= 15 is 0 Å². The van der Waals surface area contributed by atoms with Crippen LogP contribution in [0.3, 0.4) is 0 Å². The zero-order valence-electron chi connectivity index (χ0n) is 13.5. The van der Waals surface area contributed by atoms with Gasteiger partial charge in [-0.1, -0.05) is 0 Å². The summed E-state index contributed by atoms with van der Waals surface area (Å²) >= 11 is 0. The van der Waals surface area contributed by atoms with Gasteiger partial charge in [0.1, 0.15) is 11.6 Å². The number of hydrogen-bond acceptors (Lipinski definition) is 3. The number of aromatic nitrogens is 2. The lowest BCUT2D eigenvalue weighted by molar-refractivity contribution is -0.142. The number of benzene rings is 1. The molecule has 25 heavy (non-hydrogen) atoms. The smallest absolute Gasteiger partial charge is 0.307 e. The highest BCUT2D eigenvalue weighted by molar-refractivity contribution is 5.82. The molecule has 3 N–H and O–H groups in total. The lowest BCUT2D eigenvalue weighted by Crippen LogP contribution is -2.40. The topological polar surface area (TPSA) is 95.1 Å². The monoisotopic (exact) mass is 343 g/mol. The molecule has 1 amide bonds. The largest absolute Gasteiger partial charge is 0.481 e. The second-order valence-corrected chi connectivity index (χ2v) is 7.03. The number of imidazole rings is 1. The number of carboxylic acids is 1. The molecule has 1 aromatic carbocycles. The molecule has 1 heterocycles. The Balaban J connectivity index is 1.29. The minimum atomic E-state index is -0.747. The summed E-state index contributed by atoms with van der Waals surface area (Å²) in [6.07, 6.45) is 3.67. The minimum absolute atomic E-state index is 0.0543. The van der Waals surface area contributed by atoms with Crippen LogP contribution in [-0.4, -0.2) is 27.0 Å². The fourth-order valence-corrected chi connectivity index (χ4v) is 3.80. The van der Waals surface area contributed by atoms with Crippen molar-refractivity contribution in [2.75, 3.05) is 0 Å². The van der Waals surface area contributed by atoms with Crippen LogP contribution in [0.5, 0.6) is 0 Å². The Morgan fingerprint density at radius 1 is 1.28 bits per heavy atom. The number of H-pyrrole nitrogens is 1. The fraction of sp³-hybridized carbons (Fsp3) is 0.389. The Hall–Kier alpha value is -2.70. The summed E-state index contributed by atoms with van der Waals surface area (Å²) in [6, 6.07) is 6.08. The quantitative estimate of drug-likeness (QED) is 0.776. The van der Waals surface area contributed by atoms with Gasteiger partial charge in [-0.3, -0.25) is 9.59 Å². The van der Waals surface area contributed by atoms with Gasteiger partial charge in [0, 0.05) is 5.92 Å². The van der Waals surface area contributed by atoms with Crippen LogP contribution < -0.4 is 5.32 Å². The van der Waals surface area contributed by atoms with Gasteiger partial charge in [-0.2, -0.15) is 0 Å². The average molecular weight is 343 g/mol. The molecular weight excluding hydrogens is 325 g/mol. The van der Waals surface area contributed by atoms with Gasteiger partial charge in [-0.05, 0) is 54.5 Å². The maximum atomic E-state index is 13.0. The lowest BCUT2D eigenvalue weighted by Gasteiger charge is -2.35. The minimum Gasteiger partial charge on any atom is -0.481 e. The molecule has 2 saturated carbocycles. The van der Waals surface area contributed by atoms with Crippen molar-refractivity contribution in [3.8, 4) is 11.3 Å². The van der Waals surface area contributed by atoms with Crippen LogP contribution in [0.4, 0.5) is 4.39 Å².